The molecule has 0 aromatic heterocycles. The predicted octanol–water partition coefficient (Wildman–Crippen LogP) is 5.96. The molecule has 0 aliphatic heterocycles. The lowest BCUT2D eigenvalue weighted by atomic mass is 10.1. The Hall–Kier alpha value is -2.84. The van der Waals surface area contributed by atoms with Crippen molar-refractivity contribution in [3.05, 3.63) is 94.2 Å². The van der Waals surface area contributed by atoms with E-state index in [1.807, 2.05) is 31.2 Å². The molecule has 0 bridgehead atoms. The zero-order valence-electron chi connectivity index (χ0n) is 16.0. The zero-order valence-corrected chi connectivity index (χ0v) is 18.5. The first kappa shape index (κ1) is 21.9. The molecule has 0 aliphatic carbocycles. The van der Waals surface area contributed by atoms with Crippen LogP contribution in [0.25, 0.3) is 0 Å². The second-order valence-corrected chi connectivity index (χ2v) is 7.86. The van der Waals surface area contributed by atoms with Gasteiger partial charge in [-0.2, -0.15) is 0 Å². The van der Waals surface area contributed by atoms with E-state index in [0.29, 0.717) is 16.9 Å². The van der Waals surface area contributed by atoms with Gasteiger partial charge in [0.05, 0.1) is 11.7 Å². The van der Waals surface area contributed by atoms with Gasteiger partial charge in [-0.05, 0) is 73.2 Å². The summed E-state index contributed by atoms with van der Waals surface area (Å²) in [5, 5.41) is 5.60. The van der Waals surface area contributed by atoms with Crippen LogP contribution in [0, 0.1) is 5.82 Å². The van der Waals surface area contributed by atoms with Crippen LogP contribution in [0.1, 0.15) is 28.9 Å². The molecule has 0 spiro atoms. The van der Waals surface area contributed by atoms with Gasteiger partial charge in [0, 0.05) is 15.7 Å². The first-order chi connectivity index (χ1) is 14.3. The Balaban J connectivity index is 1.60. The van der Waals surface area contributed by atoms with Gasteiger partial charge < -0.3 is 10.6 Å². The first-order valence-corrected chi connectivity index (χ1v) is 10.2. The maximum absolute atomic E-state index is 13.0. The Morgan fingerprint density at radius 2 is 1.57 bits per heavy atom. The Kier molecular flexibility index (Phi) is 7.12. The lowest BCUT2D eigenvalue weighted by molar-refractivity contribution is 0.102. The normalized spacial score (nSPS) is 11.5. The summed E-state index contributed by atoms with van der Waals surface area (Å²) in [6.07, 6.45) is 0. The number of hydrogen-bond acceptors (Lipinski definition) is 3. The van der Waals surface area contributed by atoms with E-state index in [-0.39, 0.29) is 18.0 Å². The Morgan fingerprint density at radius 3 is 2.17 bits per heavy atom. The van der Waals surface area contributed by atoms with Crippen LogP contribution in [0.2, 0.25) is 0 Å². The highest BCUT2D eigenvalue weighted by molar-refractivity contribution is 9.10. The average molecular weight is 488 g/mol. The Morgan fingerprint density at radius 1 is 0.967 bits per heavy atom. The summed E-state index contributed by atoms with van der Waals surface area (Å²) in [5.41, 5.74) is 2.39. The van der Waals surface area contributed by atoms with Gasteiger partial charge in [0.15, 0.2) is 0 Å². The highest BCUT2D eigenvalue weighted by Gasteiger charge is 2.16. The van der Waals surface area contributed by atoms with E-state index in [9.17, 15) is 14.0 Å². The number of anilines is 2. The van der Waals surface area contributed by atoms with Gasteiger partial charge in [0.25, 0.3) is 5.91 Å². The molecule has 3 aromatic rings. The minimum Gasteiger partial charge on any atom is -0.330 e. The zero-order chi connectivity index (χ0) is 21.7. The molecule has 8 heteroatoms. The van der Waals surface area contributed by atoms with Crippen LogP contribution in [0.15, 0.2) is 77.3 Å². The standard InChI is InChI=1S/C22H19BrFN3O2S/c1-14(15-2-6-17(23)7-3-15)25-22(29)27(30)20-12-10-19(11-13-20)26-21(28)16-4-8-18(24)9-5-16/h2-14,30H,1H3,(H,25,29)(H,26,28)/t14-/m0/s1. The van der Waals surface area contributed by atoms with E-state index in [2.05, 4.69) is 39.4 Å². The third kappa shape index (κ3) is 5.61. The molecule has 3 amide bonds. The van der Waals surface area contributed by atoms with Gasteiger partial charge >= 0.3 is 6.03 Å². The summed E-state index contributed by atoms with van der Waals surface area (Å²) >= 11 is 7.67. The molecule has 3 aromatic carbocycles. The summed E-state index contributed by atoms with van der Waals surface area (Å²) < 4.78 is 15.1. The molecule has 30 heavy (non-hydrogen) atoms. The van der Waals surface area contributed by atoms with Crippen molar-refractivity contribution in [2.75, 3.05) is 9.62 Å². The van der Waals surface area contributed by atoms with Crippen molar-refractivity contribution >= 4 is 52.1 Å². The molecule has 0 aliphatic rings. The van der Waals surface area contributed by atoms with Crippen LogP contribution in [0.3, 0.4) is 0 Å². The number of halogens is 2. The van der Waals surface area contributed by atoms with Crippen LogP contribution in [-0.2, 0) is 0 Å². The number of rotatable bonds is 5. The number of nitrogens with zero attached hydrogens (tertiary/aromatic N) is 1. The van der Waals surface area contributed by atoms with Crippen molar-refractivity contribution in [3.63, 3.8) is 0 Å². The van der Waals surface area contributed by atoms with Gasteiger partial charge in [-0.25, -0.2) is 13.5 Å². The molecule has 1 atom stereocenters. The maximum Gasteiger partial charge on any atom is 0.332 e. The molecule has 0 heterocycles. The van der Waals surface area contributed by atoms with E-state index in [1.165, 1.54) is 28.6 Å². The molecule has 0 unspecified atom stereocenters. The van der Waals surface area contributed by atoms with Gasteiger partial charge in [-0.3, -0.25) is 4.79 Å². The SMILES string of the molecule is C[C@H](NC(=O)N(S)c1ccc(NC(=O)c2ccc(F)cc2)cc1)c1ccc(Br)cc1. The average Bonchev–Trinajstić information content (AvgIpc) is 2.74. The van der Waals surface area contributed by atoms with Crippen LogP contribution >= 0.6 is 28.7 Å². The van der Waals surface area contributed by atoms with Crippen molar-refractivity contribution in [1.82, 2.24) is 5.32 Å². The smallest absolute Gasteiger partial charge is 0.330 e. The summed E-state index contributed by atoms with van der Waals surface area (Å²) in [5.74, 6) is -0.760. The van der Waals surface area contributed by atoms with Crippen LogP contribution in [0.5, 0.6) is 0 Å². The van der Waals surface area contributed by atoms with Crippen molar-refractivity contribution in [2.24, 2.45) is 0 Å². The Labute approximate surface area is 188 Å². The fourth-order valence-corrected chi connectivity index (χ4v) is 3.14. The minimum absolute atomic E-state index is 0.200. The van der Waals surface area contributed by atoms with Crippen molar-refractivity contribution in [2.45, 2.75) is 13.0 Å². The summed E-state index contributed by atoms with van der Waals surface area (Å²) in [6, 6.07) is 19.0. The molecule has 0 radical (unpaired) electrons. The number of carbonyl (C=O) groups excluding carboxylic acids is 2. The number of amides is 3. The fraction of sp³-hybridized carbons (Fsp3) is 0.0909. The van der Waals surface area contributed by atoms with Crippen LogP contribution < -0.4 is 14.9 Å². The predicted molar refractivity (Wildman–Crippen MR) is 123 cm³/mol. The molecule has 154 valence electrons. The molecule has 0 saturated heterocycles. The number of thiol groups is 1. The number of benzene rings is 3. The number of urea groups is 1. The number of hydrogen-bond donors (Lipinski definition) is 3. The van der Waals surface area contributed by atoms with Gasteiger partial charge in [0.2, 0.25) is 0 Å². The van der Waals surface area contributed by atoms with Crippen molar-refractivity contribution in [3.8, 4) is 0 Å². The van der Waals surface area contributed by atoms with Gasteiger partial charge in [0.1, 0.15) is 5.82 Å². The summed E-state index contributed by atoms with van der Waals surface area (Å²) in [4.78, 5) is 24.7. The van der Waals surface area contributed by atoms with Gasteiger partial charge in [-0.1, -0.05) is 40.9 Å². The second-order valence-electron chi connectivity index (χ2n) is 6.54. The second kappa shape index (κ2) is 9.77. The number of nitrogens with one attached hydrogen (secondary N) is 2. The molecule has 0 fully saturated rings. The summed E-state index contributed by atoms with van der Waals surface area (Å²) in [7, 11) is 0. The third-order valence-electron chi connectivity index (χ3n) is 4.38. The molecular weight excluding hydrogens is 469 g/mol. The lowest BCUT2D eigenvalue weighted by Crippen LogP contribution is -2.35. The van der Waals surface area contributed by atoms with E-state index >= 15 is 0 Å². The van der Waals surface area contributed by atoms with Crippen LogP contribution in [0.4, 0.5) is 20.6 Å². The fourth-order valence-electron chi connectivity index (χ4n) is 2.69. The molecular formula is C22H19BrFN3O2S. The molecule has 2 N–H and O–H groups in total. The largest absolute Gasteiger partial charge is 0.332 e. The quantitative estimate of drug-likeness (QED) is 0.388. The molecule has 0 saturated carbocycles. The van der Waals surface area contributed by atoms with E-state index < -0.39 is 5.82 Å². The van der Waals surface area contributed by atoms with E-state index in [1.54, 1.807) is 24.3 Å². The Bertz CT molecular complexity index is 1030. The monoisotopic (exact) mass is 487 g/mol. The van der Waals surface area contributed by atoms with Crippen LogP contribution in [-0.4, -0.2) is 11.9 Å². The molecule has 5 nitrogen and oxygen atoms in total. The van der Waals surface area contributed by atoms with Crippen molar-refractivity contribution in [1.29, 1.82) is 0 Å². The topological polar surface area (TPSA) is 61.4 Å². The first-order valence-electron chi connectivity index (χ1n) is 9.05. The third-order valence-corrected chi connectivity index (χ3v) is 5.32. The lowest BCUT2D eigenvalue weighted by Gasteiger charge is -2.21. The van der Waals surface area contributed by atoms with Gasteiger partial charge in [-0.15, -0.1) is 0 Å². The van der Waals surface area contributed by atoms with E-state index in [0.717, 1.165) is 10.0 Å². The maximum atomic E-state index is 13.0. The molecule has 3 rings (SSSR count). The van der Waals surface area contributed by atoms with Crippen molar-refractivity contribution < 1.29 is 14.0 Å². The highest BCUT2D eigenvalue weighted by Crippen LogP contribution is 2.22. The summed E-state index contributed by atoms with van der Waals surface area (Å²) in [6.45, 7) is 1.89. The highest BCUT2D eigenvalue weighted by atomic mass is 79.9. The number of carbonyl (C=O) groups is 2. The van der Waals surface area contributed by atoms with E-state index in [4.69, 9.17) is 0 Å². The minimum atomic E-state index is -0.405.